The summed E-state index contributed by atoms with van der Waals surface area (Å²) in [6.07, 6.45) is 0. The number of nitro groups is 1. The van der Waals surface area contributed by atoms with Crippen molar-refractivity contribution in [3.05, 3.63) is 32.8 Å². The number of nitriles is 1. The van der Waals surface area contributed by atoms with Crippen molar-refractivity contribution in [1.29, 1.82) is 5.26 Å². The summed E-state index contributed by atoms with van der Waals surface area (Å²) >= 11 is 3.16. The van der Waals surface area contributed by atoms with Gasteiger partial charge in [-0.25, -0.2) is 0 Å². The highest BCUT2D eigenvalue weighted by atomic mass is 79.9. The van der Waals surface area contributed by atoms with Crippen LogP contribution in [0.15, 0.2) is 22.7 Å². The van der Waals surface area contributed by atoms with Gasteiger partial charge >= 0.3 is 0 Å². The molecular formula is C10H10BrN3O3. The first-order valence-electron chi connectivity index (χ1n) is 4.71. The molecule has 90 valence electrons. The van der Waals surface area contributed by atoms with Crippen molar-refractivity contribution in [1.82, 2.24) is 5.32 Å². The second-order valence-electron chi connectivity index (χ2n) is 3.18. The summed E-state index contributed by atoms with van der Waals surface area (Å²) in [6.45, 7) is 0.126. The normalized spacial score (nSPS) is 11.6. The van der Waals surface area contributed by atoms with Gasteiger partial charge in [-0.05, 0) is 13.1 Å². The lowest BCUT2D eigenvalue weighted by Crippen LogP contribution is -2.29. The zero-order chi connectivity index (χ0) is 12.8. The van der Waals surface area contributed by atoms with Gasteiger partial charge in [0, 0.05) is 10.5 Å². The Labute approximate surface area is 106 Å². The van der Waals surface area contributed by atoms with Crippen LogP contribution in [-0.4, -0.2) is 24.6 Å². The van der Waals surface area contributed by atoms with Gasteiger partial charge in [0.1, 0.15) is 18.4 Å². The van der Waals surface area contributed by atoms with Crippen LogP contribution in [0.25, 0.3) is 0 Å². The number of non-ortho nitro benzene ring substituents is 1. The van der Waals surface area contributed by atoms with E-state index in [2.05, 4.69) is 21.2 Å². The van der Waals surface area contributed by atoms with Crippen molar-refractivity contribution < 1.29 is 9.66 Å². The van der Waals surface area contributed by atoms with E-state index >= 15 is 0 Å². The number of likely N-dealkylation sites (N-methyl/N-ethyl adjacent to an activating group) is 1. The summed E-state index contributed by atoms with van der Waals surface area (Å²) in [5.74, 6) is 0.349. The maximum atomic E-state index is 10.6. The molecule has 0 spiro atoms. The molecule has 0 fully saturated rings. The number of hydrogen-bond acceptors (Lipinski definition) is 5. The lowest BCUT2D eigenvalue weighted by Gasteiger charge is -2.10. The lowest BCUT2D eigenvalue weighted by molar-refractivity contribution is -0.385. The van der Waals surface area contributed by atoms with Crippen molar-refractivity contribution >= 4 is 21.6 Å². The Morgan fingerprint density at radius 3 is 2.88 bits per heavy atom. The summed E-state index contributed by atoms with van der Waals surface area (Å²) in [5.41, 5.74) is -0.0626. The standard InChI is InChI=1S/C10H10BrN3O3/c1-13-8(5-12)6-17-10-3-7(11)2-9(4-10)14(15)16/h2-4,8,13H,6H2,1H3. The summed E-state index contributed by atoms with van der Waals surface area (Å²) in [7, 11) is 1.64. The van der Waals surface area contributed by atoms with Crippen molar-refractivity contribution in [2.75, 3.05) is 13.7 Å². The summed E-state index contributed by atoms with van der Waals surface area (Å²) < 4.78 is 5.86. The van der Waals surface area contributed by atoms with Crippen molar-refractivity contribution in [2.24, 2.45) is 0 Å². The highest BCUT2D eigenvalue weighted by molar-refractivity contribution is 9.10. The van der Waals surface area contributed by atoms with Crippen LogP contribution >= 0.6 is 15.9 Å². The van der Waals surface area contributed by atoms with Gasteiger partial charge in [-0.1, -0.05) is 15.9 Å². The van der Waals surface area contributed by atoms with E-state index < -0.39 is 11.0 Å². The first kappa shape index (κ1) is 13.4. The topological polar surface area (TPSA) is 88.2 Å². The predicted octanol–water partition coefficient (Wildman–Crippen LogP) is 1.85. The Balaban J connectivity index is 2.78. The molecule has 0 radical (unpaired) electrons. The monoisotopic (exact) mass is 299 g/mol. The van der Waals surface area contributed by atoms with E-state index in [-0.39, 0.29) is 12.3 Å². The average molecular weight is 300 g/mol. The molecule has 1 rings (SSSR count). The van der Waals surface area contributed by atoms with Gasteiger partial charge in [0.25, 0.3) is 5.69 Å². The van der Waals surface area contributed by atoms with Crippen LogP contribution in [0.1, 0.15) is 0 Å². The van der Waals surface area contributed by atoms with Crippen LogP contribution in [0.2, 0.25) is 0 Å². The van der Waals surface area contributed by atoms with Crippen LogP contribution in [0.5, 0.6) is 5.75 Å². The molecule has 1 atom stereocenters. The van der Waals surface area contributed by atoms with Crippen LogP contribution in [0.4, 0.5) is 5.69 Å². The number of rotatable bonds is 5. The summed E-state index contributed by atoms with van der Waals surface area (Å²) in [4.78, 5) is 10.1. The highest BCUT2D eigenvalue weighted by Gasteiger charge is 2.11. The predicted molar refractivity (Wildman–Crippen MR) is 64.8 cm³/mol. The maximum Gasteiger partial charge on any atom is 0.274 e. The average Bonchev–Trinajstić information content (AvgIpc) is 2.29. The first-order valence-corrected chi connectivity index (χ1v) is 5.50. The number of nitrogens with one attached hydrogen (secondary N) is 1. The molecule has 0 aromatic heterocycles. The first-order chi connectivity index (χ1) is 8.06. The van der Waals surface area contributed by atoms with Gasteiger partial charge < -0.3 is 10.1 Å². The minimum Gasteiger partial charge on any atom is -0.491 e. The van der Waals surface area contributed by atoms with Gasteiger partial charge in [0.15, 0.2) is 0 Å². The van der Waals surface area contributed by atoms with Crippen LogP contribution in [-0.2, 0) is 0 Å². The smallest absolute Gasteiger partial charge is 0.274 e. The van der Waals surface area contributed by atoms with Crippen LogP contribution < -0.4 is 10.1 Å². The zero-order valence-electron chi connectivity index (χ0n) is 9.01. The molecule has 1 aromatic carbocycles. The molecule has 0 aliphatic heterocycles. The summed E-state index contributed by atoms with van der Waals surface area (Å²) in [5, 5.41) is 22.1. The molecule has 1 aromatic rings. The molecule has 0 amide bonds. The second-order valence-corrected chi connectivity index (χ2v) is 4.10. The quantitative estimate of drug-likeness (QED) is 0.662. The van der Waals surface area contributed by atoms with Crippen molar-refractivity contribution in [3.8, 4) is 11.8 Å². The van der Waals surface area contributed by atoms with Gasteiger partial charge in [-0.15, -0.1) is 0 Å². The van der Waals surface area contributed by atoms with Crippen LogP contribution in [0, 0.1) is 21.4 Å². The highest BCUT2D eigenvalue weighted by Crippen LogP contribution is 2.26. The summed E-state index contributed by atoms with van der Waals surface area (Å²) in [6, 6.07) is 5.85. The van der Waals surface area contributed by atoms with E-state index in [0.717, 1.165) is 0 Å². The minimum absolute atomic E-state index is 0.0626. The molecule has 6 nitrogen and oxygen atoms in total. The molecule has 0 aliphatic rings. The molecule has 1 N–H and O–H groups in total. The van der Waals surface area contributed by atoms with E-state index in [4.69, 9.17) is 10.00 Å². The van der Waals surface area contributed by atoms with Gasteiger partial charge in [0.2, 0.25) is 0 Å². The maximum absolute atomic E-state index is 10.6. The zero-order valence-corrected chi connectivity index (χ0v) is 10.6. The fourth-order valence-corrected chi connectivity index (χ4v) is 1.56. The fraction of sp³-hybridized carbons (Fsp3) is 0.300. The SMILES string of the molecule is CNC(C#N)COc1cc(Br)cc([N+](=O)[O-])c1. The van der Waals surface area contributed by atoms with Crippen molar-refractivity contribution in [2.45, 2.75) is 6.04 Å². The third-order valence-corrected chi connectivity index (χ3v) is 2.45. The van der Waals surface area contributed by atoms with Crippen LogP contribution in [0.3, 0.4) is 0 Å². The minimum atomic E-state index is -0.503. The van der Waals surface area contributed by atoms with Gasteiger partial charge in [0.05, 0.1) is 17.1 Å². The molecule has 17 heavy (non-hydrogen) atoms. The van der Waals surface area contributed by atoms with Gasteiger partial charge in [-0.3, -0.25) is 10.1 Å². The molecule has 0 aliphatic carbocycles. The Bertz CT molecular complexity index is 459. The van der Waals surface area contributed by atoms with E-state index in [1.54, 1.807) is 13.1 Å². The Hall–Kier alpha value is -1.65. The van der Waals surface area contributed by atoms with E-state index in [1.807, 2.05) is 6.07 Å². The molecule has 1 unspecified atom stereocenters. The van der Waals surface area contributed by atoms with E-state index in [0.29, 0.717) is 10.2 Å². The molecule has 0 heterocycles. The Morgan fingerprint density at radius 2 is 2.35 bits per heavy atom. The molecule has 0 bridgehead atoms. The number of hydrogen-bond donors (Lipinski definition) is 1. The fourth-order valence-electron chi connectivity index (χ4n) is 1.10. The largest absolute Gasteiger partial charge is 0.491 e. The Kier molecular flexibility index (Phi) is 4.87. The molecule has 7 heteroatoms. The van der Waals surface area contributed by atoms with E-state index in [9.17, 15) is 10.1 Å². The number of halogens is 1. The lowest BCUT2D eigenvalue weighted by atomic mass is 10.3. The number of nitrogens with zero attached hydrogens (tertiary/aromatic N) is 2. The van der Waals surface area contributed by atoms with Crippen molar-refractivity contribution in [3.63, 3.8) is 0 Å². The molecule has 0 saturated carbocycles. The number of benzene rings is 1. The third kappa shape index (κ3) is 4.01. The molecule has 0 saturated heterocycles. The number of nitro benzene ring substituents is 1. The van der Waals surface area contributed by atoms with E-state index in [1.165, 1.54) is 12.1 Å². The third-order valence-electron chi connectivity index (χ3n) is 1.99. The second kappa shape index (κ2) is 6.18. The Morgan fingerprint density at radius 1 is 1.65 bits per heavy atom. The molecular weight excluding hydrogens is 290 g/mol. The number of ether oxygens (including phenoxy) is 1. The van der Waals surface area contributed by atoms with Gasteiger partial charge in [-0.2, -0.15) is 5.26 Å².